The van der Waals surface area contributed by atoms with E-state index in [0.717, 1.165) is 26.2 Å². The minimum absolute atomic E-state index is 0.156. The summed E-state index contributed by atoms with van der Waals surface area (Å²) in [5.41, 5.74) is 3.63. The molecule has 0 radical (unpaired) electrons. The van der Waals surface area contributed by atoms with Crippen LogP contribution in [-0.4, -0.2) is 15.7 Å². The smallest absolute Gasteiger partial charge is 0.272 e. The summed E-state index contributed by atoms with van der Waals surface area (Å²) in [6.07, 6.45) is 0. The third-order valence-electron chi connectivity index (χ3n) is 4.92. The van der Waals surface area contributed by atoms with Crippen LogP contribution in [0.3, 0.4) is 0 Å². The normalized spacial score (nSPS) is 12.0. The van der Waals surface area contributed by atoms with Crippen LogP contribution in [0.2, 0.25) is 10.0 Å². The van der Waals surface area contributed by atoms with Gasteiger partial charge in [-0.2, -0.15) is 5.10 Å². The van der Waals surface area contributed by atoms with Gasteiger partial charge in [0.25, 0.3) is 5.91 Å². The van der Waals surface area contributed by atoms with Gasteiger partial charge in [0.1, 0.15) is 0 Å². The van der Waals surface area contributed by atoms with Crippen molar-refractivity contribution in [2.75, 3.05) is 0 Å². The Balaban J connectivity index is 1.79. The molecule has 0 bridgehead atoms. The number of carbonyl (C=O) groups excluding carboxylic acids is 1. The molecule has 0 aliphatic carbocycles. The molecule has 0 saturated carbocycles. The second kappa shape index (κ2) is 9.17. The van der Waals surface area contributed by atoms with E-state index in [1.54, 1.807) is 34.2 Å². The predicted molar refractivity (Wildman–Crippen MR) is 132 cm³/mol. The summed E-state index contributed by atoms with van der Waals surface area (Å²) < 4.78 is 2.68. The molecule has 4 nitrogen and oxygen atoms in total. The second-order valence-electron chi connectivity index (χ2n) is 7.06. The Labute approximate surface area is 202 Å². The number of nitrogens with one attached hydrogen (secondary N) is 1. The number of hydrogen-bond acceptors (Lipinski definition) is 3. The number of hydrogen-bond donors (Lipinski definition) is 1. The van der Waals surface area contributed by atoms with E-state index in [-0.39, 0.29) is 11.9 Å². The van der Waals surface area contributed by atoms with E-state index < -0.39 is 0 Å². The summed E-state index contributed by atoms with van der Waals surface area (Å²) in [5.74, 6) is -0.241. The fraction of sp³-hybridized carbons (Fsp3) is 0.130. The SMILES string of the molecule is Cc1c(C(=O)N[C@@H](C)c2ccccc2)nn(-c2ccc(Cl)cc2Cl)c1-c1cc(Br)cs1. The van der Waals surface area contributed by atoms with Crippen molar-refractivity contribution in [3.63, 3.8) is 0 Å². The average molecular weight is 535 g/mol. The highest BCUT2D eigenvalue weighted by molar-refractivity contribution is 9.10. The zero-order valence-electron chi connectivity index (χ0n) is 16.7. The van der Waals surface area contributed by atoms with Crippen LogP contribution in [-0.2, 0) is 0 Å². The summed E-state index contributed by atoms with van der Waals surface area (Å²) in [5, 5.41) is 10.7. The Morgan fingerprint density at radius 2 is 1.90 bits per heavy atom. The molecular formula is C23H18BrCl2N3OS. The zero-order valence-corrected chi connectivity index (χ0v) is 20.6. The second-order valence-corrected chi connectivity index (χ2v) is 9.74. The third kappa shape index (κ3) is 4.58. The highest BCUT2D eigenvalue weighted by atomic mass is 79.9. The Morgan fingerprint density at radius 1 is 1.16 bits per heavy atom. The number of rotatable bonds is 5. The van der Waals surface area contributed by atoms with Crippen molar-refractivity contribution in [3.8, 4) is 16.3 Å². The van der Waals surface area contributed by atoms with Crippen LogP contribution < -0.4 is 5.32 Å². The highest BCUT2D eigenvalue weighted by Crippen LogP contribution is 2.37. The molecule has 0 aliphatic rings. The maximum atomic E-state index is 13.2. The summed E-state index contributed by atoms with van der Waals surface area (Å²) >= 11 is 17.6. The van der Waals surface area contributed by atoms with Crippen LogP contribution in [0.15, 0.2) is 64.5 Å². The maximum absolute atomic E-state index is 13.2. The molecule has 0 aliphatic heterocycles. The van der Waals surface area contributed by atoms with Crippen molar-refractivity contribution < 1.29 is 4.79 Å². The van der Waals surface area contributed by atoms with E-state index in [1.165, 1.54) is 0 Å². The summed E-state index contributed by atoms with van der Waals surface area (Å²) in [7, 11) is 0. The van der Waals surface area contributed by atoms with Gasteiger partial charge in [-0.25, -0.2) is 4.68 Å². The third-order valence-corrected chi connectivity index (χ3v) is 7.16. The van der Waals surface area contributed by atoms with Gasteiger partial charge >= 0.3 is 0 Å². The minimum atomic E-state index is -0.241. The number of carbonyl (C=O) groups is 1. The van der Waals surface area contributed by atoms with Crippen molar-refractivity contribution in [1.82, 2.24) is 15.1 Å². The average Bonchev–Trinajstić information content (AvgIpc) is 3.31. The van der Waals surface area contributed by atoms with Gasteiger partial charge in [-0.05, 0) is 59.6 Å². The highest BCUT2D eigenvalue weighted by Gasteiger charge is 2.25. The molecule has 1 N–H and O–H groups in total. The number of benzene rings is 2. The number of amides is 1. The molecular weight excluding hydrogens is 517 g/mol. The van der Waals surface area contributed by atoms with Gasteiger partial charge in [-0.3, -0.25) is 4.79 Å². The van der Waals surface area contributed by atoms with E-state index in [1.807, 2.05) is 55.6 Å². The van der Waals surface area contributed by atoms with Crippen LogP contribution in [0.5, 0.6) is 0 Å². The molecule has 158 valence electrons. The number of thiophene rings is 1. The first-order valence-electron chi connectivity index (χ1n) is 9.50. The van der Waals surface area contributed by atoms with Gasteiger partial charge in [0.05, 0.1) is 27.3 Å². The van der Waals surface area contributed by atoms with Crippen molar-refractivity contribution in [1.29, 1.82) is 0 Å². The van der Waals surface area contributed by atoms with Crippen molar-refractivity contribution in [3.05, 3.63) is 91.3 Å². The molecule has 8 heteroatoms. The molecule has 4 rings (SSSR count). The first kappa shape index (κ1) is 22.1. The lowest BCUT2D eigenvalue weighted by Crippen LogP contribution is -2.27. The molecule has 31 heavy (non-hydrogen) atoms. The fourth-order valence-corrected chi connectivity index (χ4v) is 5.36. The van der Waals surface area contributed by atoms with E-state index >= 15 is 0 Å². The number of aromatic nitrogens is 2. The maximum Gasteiger partial charge on any atom is 0.272 e. The summed E-state index contributed by atoms with van der Waals surface area (Å²) in [6, 6.07) is 16.9. The summed E-state index contributed by atoms with van der Waals surface area (Å²) in [4.78, 5) is 14.1. The molecule has 2 heterocycles. The van der Waals surface area contributed by atoms with Crippen LogP contribution >= 0.6 is 50.5 Å². The summed E-state index contributed by atoms with van der Waals surface area (Å²) in [6.45, 7) is 3.85. The number of nitrogens with zero attached hydrogens (tertiary/aromatic N) is 2. The molecule has 2 aromatic carbocycles. The van der Waals surface area contributed by atoms with E-state index in [9.17, 15) is 4.79 Å². The van der Waals surface area contributed by atoms with Gasteiger partial charge in [-0.15, -0.1) is 11.3 Å². The van der Waals surface area contributed by atoms with Crippen LogP contribution in [0.1, 0.15) is 34.6 Å². The Kier molecular flexibility index (Phi) is 6.53. The zero-order chi connectivity index (χ0) is 22.1. The monoisotopic (exact) mass is 533 g/mol. The standard InChI is InChI=1S/C23H18BrCl2N3OS/c1-13-21(23(30)27-14(2)15-6-4-3-5-7-15)28-29(19-9-8-17(25)11-18(19)26)22(13)20-10-16(24)12-31-20/h3-12,14H,1-2H3,(H,27,30)/t14-/m0/s1. The number of halogens is 3. The van der Waals surface area contributed by atoms with E-state index in [4.69, 9.17) is 23.2 Å². The molecule has 2 aromatic heterocycles. The predicted octanol–water partition coefficient (Wildman–Crippen LogP) is 7.47. The van der Waals surface area contributed by atoms with Gasteiger partial charge in [0, 0.05) is 20.4 Å². The van der Waals surface area contributed by atoms with E-state index in [2.05, 4.69) is 26.3 Å². The molecule has 0 fully saturated rings. The quantitative estimate of drug-likeness (QED) is 0.288. The molecule has 0 unspecified atom stereocenters. The van der Waals surface area contributed by atoms with Crippen molar-refractivity contribution in [2.24, 2.45) is 0 Å². The first-order chi connectivity index (χ1) is 14.8. The van der Waals surface area contributed by atoms with Gasteiger partial charge < -0.3 is 5.32 Å². The Hall–Kier alpha value is -2.12. The Morgan fingerprint density at radius 3 is 2.55 bits per heavy atom. The van der Waals surface area contributed by atoms with Crippen LogP contribution in [0.4, 0.5) is 0 Å². The first-order valence-corrected chi connectivity index (χ1v) is 11.9. The minimum Gasteiger partial charge on any atom is -0.344 e. The van der Waals surface area contributed by atoms with Crippen molar-refractivity contribution >= 4 is 56.4 Å². The van der Waals surface area contributed by atoms with Crippen LogP contribution in [0, 0.1) is 6.92 Å². The van der Waals surface area contributed by atoms with E-state index in [0.29, 0.717) is 21.4 Å². The lowest BCUT2D eigenvalue weighted by atomic mass is 10.1. The topological polar surface area (TPSA) is 46.9 Å². The largest absolute Gasteiger partial charge is 0.344 e. The van der Waals surface area contributed by atoms with Crippen molar-refractivity contribution in [2.45, 2.75) is 19.9 Å². The van der Waals surface area contributed by atoms with Gasteiger partial charge in [-0.1, -0.05) is 53.5 Å². The molecule has 1 atom stereocenters. The molecule has 0 spiro atoms. The lowest BCUT2D eigenvalue weighted by molar-refractivity contribution is 0.0934. The molecule has 4 aromatic rings. The Bertz CT molecular complexity index is 1250. The van der Waals surface area contributed by atoms with Gasteiger partial charge in [0.2, 0.25) is 0 Å². The lowest BCUT2D eigenvalue weighted by Gasteiger charge is -2.13. The fourth-order valence-electron chi connectivity index (χ4n) is 3.36. The van der Waals surface area contributed by atoms with Crippen LogP contribution in [0.25, 0.3) is 16.3 Å². The van der Waals surface area contributed by atoms with Gasteiger partial charge in [0.15, 0.2) is 5.69 Å². The molecule has 0 saturated heterocycles. The molecule has 1 amide bonds.